The lowest BCUT2D eigenvalue weighted by Crippen LogP contribution is -2.35. The van der Waals surface area contributed by atoms with Crippen LogP contribution in [0.4, 0.5) is 0 Å². The Balaban J connectivity index is 1.81. The lowest BCUT2D eigenvalue weighted by atomic mass is 9.96. The molecule has 2 rings (SSSR count). The summed E-state index contributed by atoms with van der Waals surface area (Å²) in [7, 11) is 0. The number of hydrogen-bond donors (Lipinski definition) is 0. The van der Waals surface area contributed by atoms with Gasteiger partial charge in [-0.3, -0.25) is 4.90 Å². The van der Waals surface area contributed by atoms with Crippen LogP contribution in [0.2, 0.25) is 0 Å². The summed E-state index contributed by atoms with van der Waals surface area (Å²) in [5, 5.41) is 0. The third kappa shape index (κ3) is 3.30. The van der Waals surface area contributed by atoms with Crippen LogP contribution in [0.25, 0.3) is 0 Å². The summed E-state index contributed by atoms with van der Waals surface area (Å²) in [6.45, 7) is 9.76. The highest BCUT2D eigenvalue weighted by Crippen LogP contribution is 2.36. The van der Waals surface area contributed by atoms with Gasteiger partial charge in [0.2, 0.25) is 0 Å². The Morgan fingerprint density at radius 1 is 1.08 bits per heavy atom. The third-order valence-electron chi connectivity index (χ3n) is 2.93. The highest BCUT2D eigenvalue weighted by atomic mass is 15.2. The molecule has 2 saturated carbocycles. The average molecular weight is 181 g/mol. The van der Waals surface area contributed by atoms with Gasteiger partial charge in [0, 0.05) is 19.1 Å². The van der Waals surface area contributed by atoms with E-state index in [-0.39, 0.29) is 0 Å². The van der Waals surface area contributed by atoms with Crippen molar-refractivity contribution in [1.82, 2.24) is 4.90 Å². The zero-order valence-corrected chi connectivity index (χ0v) is 9.34. The van der Waals surface area contributed by atoms with Crippen molar-refractivity contribution in [2.75, 3.05) is 13.1 Å². The molecule has 13 heavy (non-hydrogen) atoms. The van der Waals surface area contributed by atoms with Crippen LogP contribution in [0.3, 0.4) is 0 Å². The van der Waals surface area contributed by atoms with Gasteiger partial charge >= 0.3 is 0 Å². The normalized spacial score (nSPS) is 24.0. The largest absolute Gasteiger partial charge is 0.300 e. The van der Waals surface area contributed by atoms with Crippen LogP contribution < -0.4 is 0 Å². The molecule has 0 radical (unpaired) electrons. The van der Waals surface area contributed by atoms with E-state index in [1.165, 1.54) is 38.8 Å². The van der Waals surface area contributed by atoms with Crippen molar-refractivity contribution < 1.29 is 0 Å². The lowest BCUT2D eigenvalue weighted by molar-refractivity contribution is 0.176. The van der Waals surface area contributed by atoms with Gasteiger partial charge in [-0.15, -0.1) is 0 Å². The molecule has 0 heterocycles. The molecule has 2 fully saturated rings. The first-order valence-corrected chi connectivity index (χ1v) is 5.79. The monoisotopic (exact) mass is 181 g/mol. The van der Waals surface area contributed by atoms with E-state index in [0.29, 0.717) is 5.41 Å². The summed E-state index contributed by atoms with van der Waals surface area (Å²) in [5.74, 6) is 1.06. The van der Waals surface area contributed by atoms with Gasteiger partial charge in [-0.2, -0.15) is 0 Å². The van der Waals surface area contributed by atoms with E-state index in [1.54, 1.807) is 0 Å². The molecule has 0 unspecified atom stereocenters. The highest BCUT2D eigenvalue weighted by Gasteiger charge is 2.35. The van der Waals surface area contributed by atoms with Crippen molar-refractivity contribution in [3.63, 3.8) is 0 Å². The van der Waals surface area contributed by atoms with Gasteiger partial charge in [0.05, 0.1) is 0 Å². The SMILES string of the molecule is CC(C)(C)CN(CC1CC1)C1CC1. The van der Waals surface area contributed by atoms with E-state index in [9.17, 15) is 0 Å². The molecule has 2 aliphatic rings. The van der Waals surface area contributed by atoms with Crippen molar-refractivity contribution in [1.29, 1.82) is 0 Å². The van der Waals surface area contributed by atoms with Crippen molar-refractivity contribution in [3.8, 4) is 0 Å². The van der Waals surface area contributed by atoms with Gasteiger partial charge in [0.1, 0.15) is 0 Å². The zero-order chi connectivity index (χ0) is 9.47. The summed E-state index contributed by atoms with van der Waals surface area (Å²) in [6.07, 6.45) is 5.91. The molecule has 0 aromatic rings. The van der Waals surface area contributed by atoms with Crippen molar-refractivity contribution in [2.45, 2.75) is 52.5 Å². The van der Waals surface area contributed by atoms with Crippen molar-refractivity contribution in [2.24, 2.45) is 11.3 Å². The van der Waals surface area contributed by atoms with Crippen molar-refractivity contribution in [3.05, 3.63) is 0 Å². The van der Waals surface area contributed by atoms with Gasteiger partial charge in [0.15, 0.2) is 0 Å². The first-order chi connectivity index (χ1) is 6.04. The van der Waals surface area contributed by atoms with Gasteiger partial charge in [-0.25, -0.2) is 0 Å². The fraction of sp³-hybridized carbons (Fsp3) is 1.00. The molecule has 0 saturated heterocycles. The van der Waals surface area contributed by atoms with E-state index in [0.717, 1.165) is 12.0 Å². The molecule has 0 atom stereocenters. The van der Waals surface area contributed by atoms with Crippen LogP contribution >= 0.6 is 0 Å². The summed E-state index contributed by atoms with van der Waals surface area (Å²) in [6, 6.07) is 0.958. The second-order valence-electron chi connectivity index (χ2n) is 6.16. The van der Waals surface area contributed by atoms with Crippen LogP contribution in [0.15, 0.2) is 0 Å². The Bertz CT molecular complexity index is 172. The second kappa shape index (κ2) is 3.27. The molecule has 0 amide bonds. The van der Waals surface area contributed by atoms with E-state index < -0.39 is 0 Å². The minimum atomic E-state index is 0.484. The maximum absolute atomic E-state index is 2.75. The quantitative estimate of drug-likeness (QED) is 0.644. The minimum absolute atomic E-state index is 0.484. The molecular weight excluding hydrogens is 158 g/mol. The minimum Gasteiger partial charge on any atom is -0.300 e. The standard InChI is InChI=1S/C12H23N/c1-12(2,3)9-13(11-6-7-11)8-10-4-5-10/h10-11H,4-9H2,1-3H3. The smallest absolute Gasteiger partial charge is 0.00967 e. The highest BCUT2D eigenvalue weighted by molar-refractivity contribution is 4.90. The number of hydrogen-bond acceptors (Lipinski definition) is 1. The first kappa shape index (κ1) is 9.51. The summed E-state index contributed by atoms with van der Waals surface area (Å²) >= 11 is 0. The summed E-state index contributed by atoms with van der Waals surface area (Å²) in [5.41, 5.74) is 0.484. The molecule has 0 aromatic heterocycles. The van der Waals surface area contributed by atoms with Gasteiger partial charge in [-0.05, 0) is 37.0 Å². The molecule has 76 valence electrons. The van der Waals surface area contributed by atoms with Crippen LogP contribution in [0, 0.1) is 11.3 Å². The summed E-state index contributed by atoms with van der Waals surface area (Å²) < 4.78 is 0. The van der Waals surface area contributed by atoms with Crippen LogP contribution in [0.5, 0.6) is 0 Å². The molecule has 2 aliphatic carbocycles. The molecular formula is C12H23N. The van der Waals surface area contributed by atoms with Gasteiger partial charge < -0.3 is 0 Å². The van der Waals surface area contributed by atoms with Crippen LogP contribution in [0.1, 0.15) is 46.5 Å². The number of rotatable bonds is 4. The maximum atomic E-state index is 2.75. The fourth-order valence-corrected chi connectivity index (χ4v) is 2.02. The maximum Gasteiger partial charge on any atom is 0.00967 e. The Kier molecular flexibility index (Phi) is 2.39. The Morgan fingerprint density at radius 3 is 2.08 bits per heavy atom. The predicted molar refractivity (Wildman–Crippen MR) is 56.8 cm³/mol. The third-order valence-corrected chi connectivity index (χ3v) is 2.93. The van der Waals surface area contributed by atoms with Crippen LogP contribution in [-0.2, 0) is 0 Å². The molecule has 1 heteroatoms. The van der Waals surface area contributed by atoms with Gasteiger partial charge in [-0.1, -0.05) is 20.8 Å². The van der Waals surface area contributed by atoms with E-state index in [4.69, 9.17) is 0 Å². The molecule has 0 N–H and O–H groups in total. The Morgan fingerprint density at radius 2 is 1.69 bits per heavy atom. The lowest BCUT2D eigenvalue weighted by Gasteiger charge is -2.30. The van der Waals surface area contributed by atoms with E-state index >= 15 is 0 Å². The van der Waals surface area contributed by atoms with E-state index in [1.807, 2.05) is 0 Å². The second-order valence-corrected chi connectivity index (χ2v) is 6.16. The molecule has 0 bridgehead atoms. The Hall–Kier alpha value is -0.0400. The Labute approximate surface area is 82.5 Å². The summed E-state index contributed by atoms with van der Waals surface area (Å²) in [4.78, 5) is 2.75. The molecule has 0 aromatic carbocycles. The topological polar surface area (TPSA) is 3.24 Å². The fourth-order valence-electron chi connectivity index (χ4n) is 2.02. The van der Waals surface area contributed by atoms with Crippen molar-refractivity contribution >= 4 is 0 Å². The molecule has 1 nitrogen and oxygen atoms in total. The van der Waals surface area contributed by atoms with Crippen LogP contribution in [-0.4, -0.2) is 24.0 Å². The molecule has 0 aliphatic heterocycles. The van der Waals surface area contributed by atoms with Gasteiger partial charge in [0.25, 0.3) is 0 Å². The number of nitrogens with zero attached hydrogens (tertiary/aromatic N) is 1. The molecule has 0 spiro atoms. The average Bonchev–Trinajstić information content (AvgIpc) is 2.80. The van der Waals surface area contributed by atoms with E-state index in [2.05, 4.69) is 25.7 Å². The predicted octanol–water partition coefficient (Wildman–Crippen LogP) is 2.91. The zero-order valence-electron chi connectivity index (χ0n) is 9.34. The first-order valence-electron chi connectivity index (χ1n) is 5.79.